The summed E-state index contributed by atoms with van der Waals surface area (Å²) in [4.78, 5) is 12.6. The zero-order valence-electron chi connectivity index (χ0n) is 14.5. The Hall–Kier alpha value is -2.49. The molecule has 1 amide bonds. The highest BCUT2D eigenvalue weighted by molar-refractivity contribution is 6.06. The monoisotopic (exact) mass is 327 g/mol. The van der Waals surface area contributed by atoms with Gasteiger partial charge in [0, 0.05) is 11.8 Å². The van der Waals surface area contributed by atoms with Crippen LogP contribution in [0.25, 0.3) is 0 Å². The van der Waals surface area contributed by atoms with Crippen LogP contribution in [0, 0.1) is 5.92 Å². The third-order valence-electron chi connectivity index (χ3n) is 3.27. The van der Waals surface area contributed by atoms with Crippen LogP contribution in [0.5, 0.6) is 11.5 Å². The molecular formula is C20H25NO3. The third kappa shape index (κ3) is 5.30. The van der Waals surface area contributed by atoms with E-state index < -0.39 is 0 Å². The molecule has 0 aliphatic heterocycles. The standard InChI is InChI=1S/C20H25NO3/c1-4-12-23-17-9-7-8-16(13-17)21-20(22)18-10-5-6-11-19(18)24-14-15(2)3/h5-11,13,15H,4,12,14H2,1-3H3,(H,21,22). The molecule has 0 aliphatic carbocycles. The highest BCUT2D eigenvalue weighted by Gasteiger charge is 2.13. The summed E-state index contributed by atoms with van der Waals surface area (Å²) in [5.74, 6) is 1.55. The lowest BCUT2D eigenvalue weighted by atomic mass is 10.1. The second-order valence-corrected chi connectivity index (χ2v) is 6.03. The van der Waals surface area contributed by atoms with E-state index in [4.69, 9.17) is 9.47 Å². The van der Waals surface area contributed by atoms with E-state index in [2.05, 4.69) is 26.1 Å². The maximum absolute atomic E-state index is 12.6. The van der Waals surface area contributed by atoms with Crippen molar-refractivity contribution in [3.05, 3.63) is 54.1 Å². The van der Waals surface area contributed by atoms with Gasteiger partial charge in [-0.1, -0.05) is 39.0 Å². The molecule has 0 atom stereocenters. The van der Waals surface area contributed by atoms with Crippen LogP contribution in [-0.2, 0) is 0 Å². The number of hydrogen-bond donors (Lipinski definition) is 1. The molecule has 0 fully saturated rings. The third-order valence-corrected chi connectivity index (χ3v) is 3.27. The Morgan fingerprint density at radius 3 is 2.62 bits per heavy atom. The highest BCUT2D eigenvalue weighted by Crippen LogP contribution is 2.22. The average molecular weight is 327 g/mol. The SMILES string of the molecule is CCCOc1cccc(NC(=O)c2ccccc2OCC(C)C)c1. The average Bonchev–Trinajstić information content (AvgIpc) is 2.58. The summed E-state index contributed by atoms with van der Waals surface area (Å²) in [6.45, 7) is 7.43. The normalized spacial score (nSPS) is 10.5. The molecule has 4 heteroatoms. The van der Waals surface area contributed by atoms with Gasteiger partial charge in [0.2, 0.25) is 0 Å². The zero-order chi connectivity index (χ0) is 17.4. The molecule has 2 aromatic carbocycles. The second kappa shape index (κ2) is 8.96. The molecule has 128 valence electrons. The van der Waals surface area contributed by atoms with Gasteiger partial charge >= 0.3 is 0 Å². The van der Waals surface area contributed by atoms with E-state index in [1.807, 2.05) is 42.5 Å². The van der Waals surface area contributed by atoms with Crippen molar-refractivity contribution in [3.8, 4) is 11.5 Å². The summed E-state index contributed by atoms with van der Waals surface area (Å²) in [5, 5.41) is 2.90. The zero-order valence-corrected chi connectivity index (χ0v) is 14.5. The minimum Gasteiger partial charge on any atom is -0.494 e. The van der Waals surface area contributed by atoms with Gasteiger partial charge in [0.25, 0.3) is 5.91 Å². The predicted molar refractivity (Wildman–Crippen MR) is 97.0 cm³/mol. The van der Waals surface area contributed by atoms with Crippen molar-refractivity contribution in [1.82, 2.24) is 0 Å². The number of nitrogens with one attached hydrogen (secondary N) is 1. The van der Waals surface area contributed by atoms with Gasteiger partial charge in [-0.25, -0.2) is 0 Å². The smallest absolute Gasteiger partial charge is 0.259 e. The van der Waals surface area contributed by atoms with Crippen molar-refractivity contribution in [1.29, 1.82) is 0 Å². The van der Waals surface area contributed by atoms with Crippen LogP contribution in [0.2, 0.25) is 0 Å². The maximum atomic E-state index is 12.6. The first-order valence-electron chi connectivity index (χ1n) is 8.36. The number of carbonyl (C=O) groups is 1. The Morgan fingerprint density at radius 1 is 1.08 bits per heavy atom. The number of carbonyl (C=O) groups excluding carboxylic acids is 1. The minimum atomic E-state index is -0.193. The van der Waals surface area contributed by atoms with E-state index in [1.54, 1.807) is 6.07 Å². The van der Waals surface area contributed by atoms with Gasteiger partial charge in [-0.2, -0.15) is 0 Å². The lowest BCUT2D eigenvalue weighted by Crippen LogP contribution is -2.15. The first-order chi connectivity index (χ1) is 11.6. The molecule has 0 saturated carbocycles. The van der Waals surface area contributed by atoms with Gasteiger partial charge in [-0.15, -0.1) is 0 Å². The molecule has 0 spiro atoms. The van der Waals surface area contributed by atoms with Gasteiger partial charge in [0.15, 0.2) is 0 Å². The summed E-state index contributed by atoms with van der Waals surface area (Å²) in [5.41, 5.74) is 1.23. The van der Waals surface area contributed by atoms with E-state index in [1.165, 1.54) is 0 Å². The molecule has 0 aromatic heterocycles. The van der Waals surface area contributed by atoms with E-state index in [-0.39, 0.29) is 5.91 Å². The number of hydrogen-bond acceptors (Lipinski definition) is 3. The van der Waals surface area contributed by atoms with Crippen LogP contribution in [0.4, 0.5) is 5.69 Å². The molecule has 24 heavy (non-hydrogen) atoms. The molecule has 2 rings (SSSR count). The lowest BCUT2D eigenvalue weighted by molar-refractivity contribution is 0.102. The number of rotatable bonds is 8. The topological polar surface area (TPSA) is 47.6 Å². The van der Waals surface area contributed by atoms with E-state index in [0.717, 1.165) is 12.2 Å². The second-order valence-electron chi connectivity index (χ2n) is 6.03. The number of amides is 1. The minimum absolute atomic E-state index is 0.193. The fourth-order valence-electron chi connectivity index (χ4n) is 2.12. The van der Waals surface area contributed by atoms with Crippen molar-refractivity contribution < 1.29 is 14.3 Å². The molecule has 0 unspecified atom stereocenters. The van der Waals surface area contributed by atoms with Crippen molar-refractivity contribution in [2.45, 2.75) is 27.2 Å². The molecular weight excluding hydrogens is 302 g/mol. The molecule has 0 saturated heterocycles. The van der Waals surface area contributed by atoms with E-state index in [9.17, 15) is 4.79 Å². The summed E-state index contributed by atoms with van der Waals surface area (Å²) < 4.78 is 11.3. The van der Waals surface area contributed by atoms with Crippen LogP contribution in [0.3, 0.4) is 0 Å². The Balaban J connectivity index is 2.09. The highest BCUT2D eigenvalue weighted by atomic mass is 16.5. The largest absolute Gasteiger partial charge is 0.494 e. The fourth-order valence-corrected chi connectivity index (χ4v) is 2.12. The van der Waals surface area contributed by atoms with Crippen molar-refractivity contribution >= 4 is 11.6 Å². The number of anilines is 1. The lowest BCUT2D eigenvalue weighted by Gasteiger charge is -2.13. The Bertz CT molecular complexity index is 667. The van der Waals surface area contributed by atoms with Crippen LogP contribution in [-0.4, -0.2) is 19.1 Å². The molecule has 2 aromatic rings. The van der Waals surface area contributed by atoms with Gasteiger partial charge in [-0.3, -0.25) is 4.79 Å². The van der Waals surface area contributed by atoms with Crippen LogP contribution < -0.4 is 14.8 Å². The van der Waals surface area contributed by atoms with Crippen molar-refractivity contribution in [3.63, 3.8) is 0 Å². The fraction of sp³-hybridized carbons (Fsp3) is 0.350. The first kappa shape index (κ1) is 17.9. The van der Waals surface area contributed by atoms with Crippen molar-refractivity contribution in [2.75, 3.05) is 18.5 Å². The van der Waals surface area contributed by atoms with Gasteiger partial charge < -0.3 is 14.8 Å². The number of para-hydroxylation sites is 1. The summed E-state index contributed by atoms with van der Waals surface area (Å²) in [7, 11) is 0. The molecule has 4 nitrogen and oxygen atoms in total. The summed E-state index contributed by atoms with van der Waals surface area (Å²) in [6, 6.07) is 14.7. The summed E-state index contributed by atoms with van der Waals surface area (Å²) in [6.07, 6.45) is 0.942. The number of benzene rings is 2. The van der Waals surface area contributed by atoms with Crippen LogP contribution >= 0.6 is 0 Å². The van der Waals surface area contributed by atoms with Gasteiger partial charge in [0.05, 0.1) is 18.8 Å². The predicted octanol–water partition coefficient (Wildman–Crippen LogP) is 4.76. The van der Waals surface area contributed by atoms with Crippen LogP contribution in [0.1, 0.15) is 37.6 Å². The van der Waals surface area contributed by atoms with E-state index in [0.29, 0.717) is 36.1 Å². The Labute approximate surface area is 143 Å². The maximum Gasteiger partial charge on any atom is 0.259 e. The Kier molecular flexibility index (Phi) is 6.67. The molecule has 0 heterocycles. The number of ether oxygens (including phenoxy) is 2. The molecule has 0 radical (unpaired) electrons. The quantitative estimate of drug-likeness (QED) is 0.760. The van der Waals surface area contributed by atoms with Crippen molar-refractivity contribution in [2.24, 2.45) is 5.92 Å². The van der Waals surface area contributed by atoms with Crippen LogP contribution in [0.15, 0.2) is 48.5 Å². The van der Waals surface area contributed by atoms with Gasteiger partial charge in [0.1, 0.15) is 11.5 Å². The van der Waals surface area contributed by atoms with E-state index >= 15 is 0 Å². The Morgan fingerprint density at radius 2 is 1.88 bits per heavy atom. The summed E-state index contributed by atoms with van der Waals surface area (Å²) >= 11 is 0. The molecule has 0 aliphatic rings. The molecule has 0 bridgehead atoms. The molecule has 1 N–H and O–H groups in total. The van der Waals surface area contributed by atoms with Gasteiger partial charge in [-0.05, 0) is 36.6 Å². The first-order valence-corrected chi connectivity index (χ1v) is 8.36.